The summed E-state index contributed by atoms with van der Waals surface area (Å²) in [6, 6.07) is 82.6. The molecule has 0 unspecified atom stereocenters. The van der Waals surface area contributed by atoms with Crippen LogP contribution in [0, 0.1) is 0 Å². The maximum absolute atomic E-state index is 6.71. The van der Waals surface area contributed by atoms with Gasteiger partial charge in [0.1, 0.15) is 11.2 Å². The number of rotatable bonds is 5. The van der Waals surface area contributed by atoms with Crippen LogP contribution in [0.15, 0.2) is 235 Å². The summed E-state index contributed by atoms with van der Waals surface area (Å²) in [6.07, 6.45) is 0. The molecule has 5 heteroatoms. The minimum absolute atomic E-state index is 0.521. The first-order valence-corrected chi connectivity index (χ1v) is 23.5. The van der Waals surface area contributed by atoms with Gasteiger partial charge < -0.3 is 4.42 Å². The Morgan fingerprint density at radius 2 is 0.884 bits per heavy atom. The van der Waals surface area contributed by atoms with Gasteiger partial charge in [0.2, 0.25) is 5.95 Å². The molecule has 0 bridgehead atoms. The van der Waals surface area contributed by atoms with E-state index in [9.17, 15) is 0 Å². The molecule has 15 rings (SSSR count). The molecule has 0 atom stereocenters. The minimum atomic E-state index is -0.521. The standard InChI is InChI=1S/C64H38N4O/c1-3-18-39(19-4-1)41-36-42(40-20-5-2-6-21-40)38-43(37-41)61-65-62(51-28-17-27-49-47-25-11-16-33-57(47)69-60(49)51)67-63(66-61)68-56-32-15-10-24-46(56)48-34-35-55-58(59(48)68)50-26-9-14-31-54(50)64(55)52-29-12-7-22-44(52)45-23-8-13-30-53(45)64/h1-38H. The van der Waals surface area contributed by atoms with Gasteiger partial charge in [-0.3, -0.25) is 4.57 Å². The Balaban J connectivity index is 1.07. The SMILES string of the molecule is c1ccc(-c2cc(-c3ccccc3)cc(-c3nc(-c4cccc5c4oc4ccccc45)nc(-n4c5ccccc5c5ccc6c(c54)-c4ccccc4C64c5ccccc5-c5ccccc54)n3)c2)cc1. The summed E-state index contributed by atoms with van der Waals surface area (Å²) >= 11 is 0. The second-order valence-corrected chi connectivity index (χ2v) is 18.2. The minimum Gasteiger partial charge on any atom is -0.455 e. The molecular weight excluding hydrogens is 841 g/mol. The Morgan fingerprint density at radius 1 is 0.348 bits per heavy atom. The lowest BCUT2D eigenvalue weighted by molar-refractivity contribution is 0.669. The fourth-order valence-electron chi connectivity index (χ4n) is 11.8. The summed E-state index contributed by atoms with van der Waals surface area (Å²) in [7, 11) is 0. The van der Waals surface area contributed by atoms with Gasteiger partial charge in [0.25, 0.3) is 0 Å². The third kappa shape index (κ3) is 5.32. The van der Waals surface area contributed by atoms with Gasteiger partial charge in [-0.1, -0.05) is 194 Å². The lowest BCUT2D eigenvalue weighted by Crippen LogP contribution is -2.25. The van der Waals surface area contributed by atoms with Crippen molar-refractivity contribution in [3.05, 3.63) is 253 Å². The molecule has 0 aliphatic heterocycles. The summed E-state index contributed by atoms with van der Waals surface area (Å²) in [4.78, 5) is 16.6. The van der Waals surface area contributed by atoms with E-state index < -0.39 is 5.41 Å². The van der Waals surface area contributed by atoms with Gasteiger partial charge in [-0.25, -0.2) is 4.98 Å². The van der Waals surface area contributed by atoms with Crippen LogP contribution in [0.4, 0.5) is 0 Å². The molecule has 0 amide bonds. The van der Waals surface area contributed by atoms with Gasteiger partial charge in [0.15, 0.2) is 11.6 Å². The van der Waals surface area contributed by atoms with Crippen molar-refractivity contribution in [2.75, 3.05) is 0 Å². The molecule has 1 spiro atoms. The topological polar surface area (TPSA) is 56.7 Å². The van der Waals surface area contributed by atoms with Crippen molar-refractivity contribution in [3.63, 3.8) is 0 Å². The lowest BCUT2D eigenvalue weighted by Gasteiger charge is -2.30. The van der Waals surface area contributed by atoms with Crippen LogP contribution in [0.3, 0.4) is 0 Å². The largest absolute Gasteiger partial charge is 0.455 e. The van der Waals surface area contributed by atoms with Crippen LogP contribution in [0.1, 0.15) is 22.3 Å². The number of hydrogen-bond acceptors (Lipinski definition) is 4. The van der Waals surface area contributed by atoms with Gasteiger partial charge in [-0.05, 0) is 97.6 Å². The highest BCUT2D eigenvalue weighted by atomic mass is 16.3. The van der Waals surface area contributed by atoms with Crippen LogP contribution in [0.2, 0.25) is 0 Å². The van der Waals surface area contributed by atoms with Crippen LogP contribution >= 0.6 is 0 Å². The summed E-state index contributed by atoms with van der Waals surface area (Å²) in [5.41, 5.74) is 19.2. The van der Waals surface area contributed by atoms with E-state index >= 15 is 0 Å². The highest BCUT2D eigenvalue weighted by Gasteiger charge is 2.52. The molecule has 13 aromatic rings. The summed E-state index contributed by atoms with van der Waals surface area (Å²) < 4.78 is 9.02. The van der Waals surface area contributed by atoms with Crippen molar-refractivity contribution >= 4 is 43.7 Å². The van der Waals surface area contributed by atoms with E-state index in [1.165, 1.54) is 44.5 Å². The highest BCUT2D eigenvalue weighted by molar-refractivity contribution is 6.16. The second kappa shape index (κ2) is 14.4. The Hall–Kier alpha value is -9.19. The van der Waals surface area contributed by atoms with Gasteiger partial charge in [0.05, 0.1) is 22.0 Å². The van der Waals surface area contributed by atoms with Crippen LogP contribution in [0.5, 0.6) is 0 Å². The van der Waals surface area contributed by atoms with Gasteiger partial charge in [-0.2, -0.15) is 9.97 Å². The van der Waals surface area contributed by atoms with Crippen molar-refractivity contribution in [2.24, 2.45) is 0 Å². The number of furan rings is 1. The van der Waals surface area contributed by atoms with Crippen molar-refractivity contribution in [1.29, 1.82) is 0 Å². The average molecular weight is 879 g/mol. The smallest absolute Gasteiger partial charge is 0.238 e. The van der Waals surface area contributed by atoms with E-state index in [1.54, 1.807) is 0 Å². The Labute approximate surface area is 397 Å². The van der Waals surface area contributed by atoms with Crippen LogP contribution in [0.25, 0.3) is 117 Å². The molecule has 0 saturated heterocycles. The molecule has 0 radical (unpaired) electrons. The van der Waals surface area contributed by atoms with E-state index in [4.69, 9.17) is 19.4 Å². The van der Waals surface area contributed by atoms with E-state index in [0.29, 0.717) is 17.6 Å². The first kappa shape index (κ1) is 38.0. The van der Waals surface area contributed by atoms with Gasteiger partial charge in [0, 0.05) is 32.7 Å². The van der Waals surface area contributed by atoms with Crippen LogP contribution in [-0.2, 0) is 5.41 Å². The average Bonchev–Trinajstić information content (AvgIpc) is 4.15. The molecule has 69 heavy (non-hydrogen) atoms. The molecule has 320 valence electrons. The maximum Gasteiger partial charge on any atom is 0.238 e. The third-order valence-corrected chi connectivity index (χ3v) is 14.7. The number of para-hydroxylation sites is 3. The molecule has 5 nitrogen and oxygen atoms in total. The zero-order valence-electron chi connectivity index (χ0n) is 37.1. The Kier molecular flexibility index (Phi) is 7.93. The molecule has 3 heterocycles. The zero-order valence-corrected chi connectivity index (χ0v) is 37.1. The summed E-state index contributed by atoms with van der Waals surface area (Å²) in [5, 5.41) is 4.32. The molecule has 2 aliphatic carbocycles. The van der Waals surface area contributed by atoms with Crippen molar-refractivity contribution in [2.45, 2.75) is 5.41 Å². The van der Waals surface area contributed by atoms with E-state index in [0.717, 1.165) is 77.1 Å². The molecule has 0 fully saturated rings. The van der Waals surface area contributed by atoms with Gasteiger partial charge >= 0.3 is 0 Å². The van der Waals surface area contributed by atoms with Crippen molar-refractivity contribution < 1.29 is 4.42 Å². The number of fused-ring (bicyclic) bond motifs is 17. The first-order chi connectivity index (χ1) is 34.2. The Morgan fingerprint density at radius 3 is 1.59 bits per heavy atom. The third-order valence-electron chi connectivity index (χ3n) is 14.7. The number of benzene rings is 10. The molecular formula is C64H38N4O. The monoisotopic (exact) mass is 878 g/mol. The van der Waals surface area contributed by atoms with Crippen molar-refractivity contribution in [1.82, 2.24) is 19.5 Å². The molecule has 2 aliphatic rings. The second-order valence-electron chi connectivity index (χ2n) is 18.2. The number of nitrogens with zero attached hydrogens (tertiary/aromatic N) is 4. The van der Waals surface area contributed by atoms with Crippen LogP contribution < -0.4 is 0 Å². The van der Waals surface area contributed by atoms with E-state index in [1.807, 2.05) is 12.1 Å². The molecule has 0 N–H and O–H groups in total. The van der Waals surface area contributed by atoms with E-state index in [-0.39, 0.29) is 0 Å². The normalized spacial score (nSPS) is 13.0. The predicted octanol–water partition coefficient (Wildman–Crippen LogP) is 15.9. The fraction of sp³-hybridized carbons (Fsp3) is 0.0156. The molecule has 0 saturated carbocycles. The Bertz CT molecular complexity index is 4160. The predicted molar refractivity (Wildman–Crippen MR) is 279 cm³/mol. The quantitative estimate of drug-likeness (QED) is 0.173. The van der Waals surface area contributed by atoms with Crippen molar-refractivity contribution in [3.8, 4) is 73.2 Å². The lowest BCUT2D eigenvalue weighted by atomic mass is 9.70. The van der Waals surface area contributed by atoms with Gasteiger partial charge in [-0.15, -0.1) is 0 Å². The number of aromatic nitrogens is 4. The van der Waals surface area contributed by atoms with E-state index in [2.05, 4.69) is 223 Å². The zero-order chi connectivity index (χ0) is 45.2. The molecule has 10 aromatic carbocycles. The number of hydrogen-bond donors (Lipinski definition) is 0. The maximum atomic E-state index is 6.71. The highest BCUT2D eigenvalue weighted by Crippen LogP contribution is 2.64. The molecule has 3 aromatic heterocycles. The summed E-state index contributed by atoms with van der Waals surface area (Å²) in [6.45, 7) is 0. The fourth-order valence-corrected chi connectivity index (χ4v) is 11.8. The van der Waals surface area contributed by atoms with Crippen LogP contribution in [-0.4, -0.2) is 19.5 Å². The summed E-state index contributed by atoms with van der Waals surface area (Å²) in [5.74, 6) is 1.62. The first-order valence-electron chi connectivity index (χ1n) is 23.5.